The third-order valence-electron chi connectivity index (χ3n) is 2.38. The van der Waals surface area contributed by atoms with Gasteiger partial charge in [0.15, 0.2) is 0 Å². The topological polar surface area (TPSA) is 79.2 Å². The minimum Gasteiger partial charge on any atom is -0.394 e. The van der Waals surface area contributed by atoms with Crippen molar-refractivity contribution >= 4 is 0 Å². The number of aliphatic hydroxyl groups excluding tert-OH is 3. The number of ether oxygens (including phenoxy) is 2. The van der Waals surface area contributed by atoms with Gasteiger partial charge in [0.2, 0.25) is 0 Å². The number of hydrogen-bond acceptors (Lipinski definition) is 5. The van der Waals surface area contributed by atoms with Crippen LogP contribution in [0.2, 0.25) is 0 Å². The molecule has 0 aromatic carbocycles. The van der Waals surface area contributed by atoms with Crippen LogP contribution in [0.3, 0.4) is 0 Å². The highest BCUT2D eigenvalue weighted by molar-refractivity contribution is 4.91. The molecular weight excluding hydrogens is 176 g/mol. The molecule has 1 heterocycles. The van der Waals surface area contributed by atoms with Gasteiger partial charge in [-0.15, -0.1) is 0 Å². The molecular formula is C8H16O5. The SMILES string of the molecule is CO[C@@H]1C(CO)O[C@@H](C)C(O)[C@H]1O. The lowest BCUT2D eigenvalue weighted by Gasteiger charge is -2.40. The average molecular weight is 192 g/mol. The van der Waals surface area contributed by atoms with E-state index in [1.54, 1.807) is 6.92 Å². The van der Waals surface area contributed by atoms with Gasteiger partial charge < -0.3 is 24.8 Å². The second-order valence-corrected chi connectivity index (χ2v) is 3.24. The molecule has 0 aliphatic carbocycles. The maximum absolute atomic E-state index is 9.54. The fourth-order valence-corrected chi connectivity index (χ4v) is 1.56. The van der Waals surface area contributed by atoms with E-state index >= 15 is 0 Å². The largest absolute Gasteiger partial charge is 0.394 e. The molecule has 13 heavy (non-hydrogen) atoms. The van der Waals surface area contributed by atoms with Crippen molar-refractivity contribution in [3.63, 3.8) is 0 Å². The molecule has 1 aliphatic rings. The quantitative estimate of drug-likeness (QED) is 0.496. The summed E-state index contributed by atoms with van der Waals surface area (Å²) in [6.45, 7) is 1.41. The van der Waals surface area contributed by atoms with Gasteiger partial charge in [-0.05, 0) is 6.92 Å². The number of methoxy groups -OCH3 is 1. The Labute approximate surface area is 76.9 Å². The molecule has 5 nitrogen and oxygen atoms in total. The van der Waals surface area contributed by atoms with Gasteiger partial charge in [-0.25, -0.2) is 0 Å². The summed E-state index contributed by atoms with van der Waals surface area (Å²) in [5.74, 6) is 0. The first-order valence-corrected chi connectivity index (χ1v) is 4.27. The van der Waals surface area contributed by atoms with Crippen molar-refractivity contribution in [3.8, 4) is 0 Å². The maximum atomic E-state index is 9.54. The van der Waals surface area contributed by atoms with Crippen LogP contribution in [0.4, 0.5) is 0 Å². The van der Waals surface area contributed by atoms with E-state index in [0.29, 0.717) is 0 Å². The summed E-state index contributed by atoms with van der Waals surface area (Å²) in [5, 5.41) is 27.9. The number of hydrogen-bond donors (Lipinski definition) is 3. The van der Waals surface area contributed by atoms with E-state index in [0.717, 1.165) is 0 Å². The fraction of sp³-hybridized carbons (Fsp3) is 1.00. The van der Waals surface area contributed by atoms with Crippen molar-refractivity contribution < 1.29 is 24.8 Å². The average Bonchev–Trinajstić information content (AvgIpc) is 2.13. The van der Waals surface area contributed by atoms with E-state index in [4.69, 9.17) is 14.6 Å². The summed E-state index contributed by atoms with van der Waals surface area (Å²) in [7, 11) is 1.41. The van der Waals surface area contributed by atoms with E-state index in [9.17, 15) is 10.2 Å². The van der Waals surface area contributed by atoms with Gasteiger partial charge in [0, 0.05) is 7.11 Å². The summed E-state index contributed by atoms with van der Waals surface area (Å²) in [4.78, 5) is 0. The Morgan fingerprint density at radius 3 is 2.38 bits per heavy atom. The van der Waals surface area contributed by atoms with Crippen LogP contribution in [-0.2, 0) is 9.47 Å². The summed E-state index contributed by atoms with van der Waals surface area (Å²) in [6.07, 6.45) is -3.70. The van der Waals surface area contributed by atoms with Crippen LogP contribution in [0.15, 0.2) is 0 Å². The summed E-state index contributed by atoms with van der Waals surface area (Å²) >= 11 is 0. The zero-order valence-electron chi connectivity index (χ0n) is 7.75. The molecule has 0 radical (unpaired) electrons. The molecule has 1 aliphatic heterocycles. The van der Waals surface area contributed by atoms with Crippen molar-refractivity contribution in [1.82, 2.24) is 0 Å². The molecule has 1 rings (SSSR count). The van der Waals surface area contributed by atoms with Crippen LogP contribution in [-0.4, -0.2) is 59.6 Å². The summed E-state index contributed by atoms with van der Waals surface area (Å²) < 4.78 is 10.2. The molecule has 2 unspecified atom stereocenters. The molecule has 78 valence electrons. The zero-order valence-corrected chi connectivity index (χ0v) is 7.75. The van der Waals surface area contributed by atoms with Crippen molar-refractivity contribution in [2.24, 2.45) is 0 Å². The Hall–Kier alpha value is -0.200. The van der Waals surface area contributed by atoms with Gasteiger partial charge in [-0.3, -0.25) is 0 Å². The Morgan fingerprint density at radius 1 is 1.31 bits per heavy atom. The minimum absolute atomic E-state index is 0.230. The predicted octanol–water partition coefficient (Wildman–Crippen LogP) is -1.50. The second-order valence-electron chi connectivity index (χ2n) is 3.24. The summed E-state index contributed by atoms with van der Waals surface area (Å²) in [6, 6.07) is 0. The van der Waals surface area contributed by atoms with Gasteiger partial charge >= 0.3 is 0 Å². The van der Waals surface area contributed by atoms with E-state index in [1.807, 2.05) is 0 Å². The second kappa shape index (κ2) is 4.34. The molecule has 5 atom stereocenters. The highest BCUT2D eigenvalue weighted by Gasteiger charge is 2.42. The maximum Gasteiger partial charge on any atom is 0.114 e. The van der Waals surface area contributed by atoms with Crippen molar-refractivity contribution in [3.05, 3.63) is 0 Å². The molecule has 3 N–H and O–H groups in total. The molecule has 0 amide bonds. The normalized spacial score (nSPS) is 46.4. The van der Waals surface area contributed by atoms with Crippen LogP contribution in [0.1, 0.15) is 6.92 Å². The van der Waals surface area contributed by atoms with Crippen LogP contribution < -0.4 is 0 Å². The molecule has 0 saturated carbocycles. The molecule has 0 bridgehead atoms. The molecule has 5 heteroatoms. The minimum atomic E-state index is -1.01. The molecule has 0 spiro atoms. The van der Waals surface area contributed by atoms with Crippen LogP contribution in [0, 0.1) is 0 Å². The first kappa shape index (κ1) is 10.9. The third kappa shape index (κ3) is 2.00. The van der Waals surface area contributed by atoms with Crippen molar-refractivity contribution in [1.29, 1.82) is 0 Å². The highest BCUT2D eigenvalue weighted by Crippen LogP contribution is 2.22. The van der Waals surface area contributed by atoms with Crippen LogP contribution >= 0.6 is 0 Å². The van der Waals surface area contributed by atoms with Crippen molar-refractivity contribution in [2.75, 3.05) is 13.7 Å². The van der Waals surface area contributed by atoms with Crippen LogP contribution in [0.25, 0.3) is 0 Å². The molecule has 1 fully saturated rings. The number of rotatable bonds is 2. The van der Waals surface area contributed by atoms with Gasteiger partial charge in [0.25, 0.3) is 0 Å². The summed E-state index contributed by atoms with van der Waals surface area (Å²) in [5.41, 5.74) is 0. The van der Waals surface area contributed by atoms with Gasteiger partial charge in [0.05, 0.1) is 12.7 Å². The molecule has 1 saturated heterocycles. The van der Waals surface area contributed by atoms with E-state index in [-0.39, 0.29) is 6.61 Å². The van der Waals surface area contributed by atoms with Gasteiger partial charge in [-0.2, -0.15) is 0 Å². The Morgan fingerprint density at radius 2 is 1.92 bits per heavy atom. The first-order valence-electron chi connectivity index (χ1n) is 4.27. The van der Waals surface area contributed by atoms with Gasteiger partial charge in [0.1, 0.15) is 24.4 Å². The number of aliphatic hydroxyl groups is 3. The van der Waals surface area contributed by atoms with Gasteiger partial charge in [-0.1, -0.05) is 0 Å². The lowest BCUT2D eigenvalue weighted by atomic mass is 9.96. The monoisotopic (exact) mass is 192 g/mol. The standard InChI is InChI=1S/C8H16O5/c1-4-6(10)7(11)8(12-2)5(3-9)13-4/h4-11H,3H2,1-2H3/t4-,5?,6?,7+,8+/m0/s1. The highest BCUT2D eigenvalue weighted by atomic mass is 16.6. The van der Waals surface area contributed by atoms with Crippen LogP contribution in [0.5, 0.6) is 0 Å². The van der Waals surface area contributed by atoms with E-state index in [1.165, 1.54) is 7.11 Å². The van der Waals surface area contributed by atoms with Crippen molar-refractivity contribution in [2.45, 2.75) is 37.4 Å². The van der Waals surface area contributed by atoms with E-state index in [2.05, 4.69) is 0 Å². The lowest BCUT2D eigenvalue weighted by Crippen LogP contribution is -2.58. The molecule has 0 aromatic rings. The zero-order chi connectivity index (χ0) is 10.0. The molecule has 0 aromatic heterocycles. The lowest BCUT2D eigenvalue weighted by molar-refractivity contribution is -0.231. The Balaban J connectivity index is 2.69. The smallest absolute Gasteiger partial charge is 0.114 e. The third-order valence-corrected chi connectivity index (χ3v) is 2.38. The fourth-order valence-electron chi connectivity index (χ4n) is 1.56. The Bertz CT molecular complexity index is 161. The predicted molar refractivity (Wildman–Crippen MR) is 44.2 cm³/mol. The van der Waals surface area contributed by atoms with E-state index < -0.39 is 30.5 Å². The first-order chi connectivity index (χ1) is 6.11. The Kier molecular flexibility index (Phi) is 3.63.